The number of nitrogens with zero attached hydrogens (tertiary/aromatic N) is 2. The zero-order valence-corrected chi connectivity index (χ0v) is 25.3. The zero-order chi connectivity index (χ0) is 29.7. The fourth-order valence-electron chi connectivity index (χ4n) is 8.22. The molecule has 4 atom stereocenters. The van der Waals surface area contributed by atoms with Gasteiger partial charge < -0.3 is 4.74 Å². The van der Waals surface area contributed by atoms with E-state index in [1.54, 1.807) is 0 Å². The molecule has 1 fully saturated rings. The molecule has 1 aliphatic carbocycles. The largest absolute Gasteiger partial charge is 0.343 e. The summed E-state index contributed by atoms with van der Waals surface area (Å²) >= 11 is 0. The van der Waals surface area contributed by atoms with Gasteiger partial charge in [0, 0.05) is 17.5 Å². The van der Waals surface area contributed by atoms with Crippen molar-refractivity contribution in [2.45, 2.75) is 36.1 Å². The maximum atomic E-state index is 7.10. The highest BCUT2D eigenvalue weighted by atomic mass is 16.5. The molecule has 44 heavy (non-hydrogen) atoms. The molecule has 3 aliphatic rings. The van der Waals surface area contributed by atoms with Crippen LogP contribution in [0.1, 0.15) is 28.2 Å². The fourth-order valence-corrected chi connectivity index (χ4v) is 8.22. The number of allylic oxidation sites excluding steroid dienone is 2. The summed E-state index contributed by atoms with van der Waals surface area (Å²) in [5, 5.41) is 2.57. The molecular formula is C41H37N2O+. The van der Waals surface area contributed by atoms with E-state index in [0.717, 1.165) is 6.42 Å². The molecule has 0 N–H and O–H groups in total. The van der Waals surface area contributed by atoms with Gasteiger partial charge in [-0.3, -0.25) is 4.90 Å². The van der Waals surface area contributed by atoms with Crippen LogP contribution in [0.5, 0.6) is 0 Å². The predicted molar refractivity (Wildman–Crippen MR) is 180 cm³/mol. The highest BCUT2D eigenvalue weighted by Gasteiger charge is 2.62. The summed E-state index contributed by atoms with van der Waals surface area (Å²) in [7, 11) is 4.49. The molecule has 0 amide bonds. The van der Waals surface area contributed by atoms with Crippen LogP contribution in [0.15, 0.2) is 152 Å². The summed E-state index contributed by atoms with van der Waals surface area (Å²) in [6.45, 7) is 0. The maximum Gasteiger partial charge on any atom is 0.214 e. The van der Waals surface area contributed by atoms with E-state index in [9.17, 15) is 0 Å². The molecule has 4 unspecified atom stereocenters. The Kier molecular flexibility index (Phi) is 6.66. The van der Waals surface area contributed by atoms with Gasteiger partial charge in [0.15, 0.2) is 6.23 Å². The molecule has 0 bridgehead atoms. The lowest BCUT2D eigenvalue weighted by Gasteiger charge is -2.40. The third-order valence-electron chi connectivity index (χ3n) is 10.0. The highest BCUT2D eigenvalue weighted by Crippen LogP contribution is 2.56. The Morgan fingerprint density at radius 1 is 0.727 bits per heavy atom. The number of fused-ring (bicyclic) bond motifs is 4. The highest BCUT2D eigenvalue weighted by molar-refractivity contribution is 6.06. The SMILES string of the molecule is CN1C(C2=[N+](C)c3ccc4ccccc4c3C2(Cc2ccccc2)C(c2ccccc2)c2ccccc2)OC2C=CC=CC21. The van der Waals surface area contributed by atoms with Crippen molar-refractivity contribution < 1.29 is 9.31 Å². The van der Waals surface area contributed by atoms with E-state index in [1.807, 2.05) is 0 Å². The molecule has 2 heterocycles. The van der Waals surface area contributed by atoms with Crippen molar-refractivity contribution in [3.05, 3.63) is 174 Å². The van der Waals surface area contributed by atoms with E-state index in [4.69, 9.17) is 4.74 Å². The van der Waals surface area contributed by atoms with Gasteiger partial charge in [-0.15, -0.1) is 0 Å². The minimum atomic E-state index is -0.463. The molecule has 0 aromatic heterocycles. The van der Waals surface area contributed by atoms with Gasteiger partial charge >= 0.3 is 0 Å². The van der Waals surface area contributed by atoms with E-state index in [0.29, 0.717) is 0 Å². The Hall–Kier alpha value is -4.57. The molecule has 1 saturated heterocycles. The fraction of sp³-hybridized carbons (Fsp3) is 0.195. The van der Waals surface area contributed by atoms with Crippen molar-refractivity contribution in [2.24, 2.45) is 0 Å². The number of ether oxygens (including phenoxy) is 1. The smallest absolute Gasteiger partial charge is 0.214 e. The number of benzene rings is 5. The summed E-state index contributed by atoms with van der Waals surface area (Å²) in [4.78, 5) is 2.44. The molecule has 5 aromatic carbocycles. The molecule has 2 aliphatic heterocycles. The lowest BCUT2D eigenvalue weighted by atomic mass is 9.59. The van der Waals surface area contributed by atoms with Crippen LogP contribution in [-0.2, 0) is 16.6 Å². The molecule has 0 spiro atoms. The molecule has 3 nitrogen and oxygen atoms in total. The first-order valence-corrected chi connectivity index (χ1v) is 15.7. The van der Waals surface area contributed by atoms with Gasteiger partial charge in [0.1, 0.15) is 12.5 Å². The first kappa shape index (κ1) is 27.0. The maximum absolute atomic E-state index is 7.10. The van der Waals surface area contributed by atoms with Crippen molar-refractivity contribution >= 4 is 22.2 Å². The predicted octanol–water partition coefficient (Wildman–Crippen LogP) is 8.03. The molecule has 0 radical (unpaired) electrons. The minimum absolute atomic E-state index is 0.0117. The number of likely N-dealkylation sites (N-methyl/N-ethyl adjacent to an activating group) is 1. The third kappa shape index (κ3) is 4.15. The summed E-state index contributed by atoms with van der Waals surface area (Å²) in [6, 6.07) is 47.0. The normalized spacial score (nSPS) is 24.3. The number of hydrogen-bond acceptors (Lipinski definition) is 2. The minimum Gasteiger partial charge on any atom is -0.343 e. The van der Waals surface area contributed by atoms with Gasteiger partial charge in [-0.25, -0.2) is 0 Å². The third-order valence-corrected chi connectivity index (χ3v) is 10.0. The molecule has 0 saturated carbocycles. The summed E-state index contributed by atoms with van der Waals surface area (Å²) < 4.78 is 9.57. The topological polar surface area (TPSA) is 15.5 Å². The lowest BCUT2D eigenvalue weighted by molar-refractivity contribution is -0.407. The van der Waals surface area contributed by atoms with Gasteiger partial charge in [0.25, 0.3) is 0 Å². The Morgan fingerprint density at radius 2 is 1.34 bits per heavy atom. The van der Waals surface area contributed by atoms with Crippen molar-refractivity contribution in [2.75, 3.05) is 14.1 Å². The van der Waals surface area contributed by atoms with Crippen LogP contribution in [-0.4, -0.2) is 47.7 Å². The Bertz CT molecular complexity index is 1870. The van der Waals surface area contributed by atoms with Crippen molar-refractivity contribution in [1.82, 2.24) is 4.90 Å². The van der Waals surface area contributed by atoms with Crippen LogP contribution < -0.4 is 0 Å². The summed E-state index contributed by atoms with van der Waals surface area (Å²) in [5.41, 5.74) is 7.39. The summed E-state index contributed by atoms with van der Waals surface area (Å²) in [5.74, 6) is 0.0281. The second-order valence-electron chi connectivity index (χ2n) is 12.4. The molecule has 216 valence electrons. The van der Waals surface area contributed by atoms with E-state index >= 15 is 0 Å². The van der Waals surface area contributed by atoms with Crippen molar-refractivity contribution in [3.63, 3.8) is 0 Å². The van der Waals surface area contributed by atoms with Gasteiger partial charge in [-0.2, -0.15) is 4.58 Å². The zero-order valence-electron chi connectivity index (χ0n) is 25.3. The first-order valence-electron chi connectivity index (χ1n) is 15.7. The van der Waals surface area contributed by atoms with Gasteiger partial charge in [-0.1, -0.05) is 140 Å². The van der Waals surface area contributed by atoms with Crippen molar-refractivity contribution in [3.8, 4) is 0 Å². The second-order valence-corrected chi connectivity index (χ2v) is 12.4. The van der Waals surface area contributed by atoms with E-state index in [-0.39, 0.29) is 24.3 Å². The quantitative estimate of drug-likeness (QED) is 0.191. The molecule has 5 aromatic rings. The van der Waals surface area contributed by atoms with Crippen LogP contribution in [0.3, 0.4) is 0 Å². The lowest BCUT2D eigenvalue weighted by Crippen LogP contribution is -2.53. The molecular weight excluding hydrogens is 536 g/mol. The van der Waals surface area contributed by atoms with Crippen molar-refractivity contribution in [1.29, 1.82) is 0 Å². The molecule has 8 rings (SSSR count). The Labute approximate surface area is 260 Å². The number of hydrogen-bond donors (Lipinski definition) is 0. The van der Waals surface area contributed by atoms with Crippen LogP contribution in [0.4, 0.5) is 5.69 Å². The van der Waals surface area contributed by atoms with Crippen LogP contribution in [0, 0.1) is 0 Å². The van der Waals surface area contributed by atoms with Crippen LogP contribution >= 0.6 is 0 Å². The van der Waals surface area contributed by atoms with E-state index in [1.165, 1.54) is 44.4 Å². The van der Waals surface area contributed by atoms with E-state index < -0.39 is 5.41 Å². The molecule has 3 heteroatoms. The Morgan fingerprint density at radius 3 is 2.02 bits per heavy atom. The average molecular weight is 574 g/mol. The van der Waals surface area contributed by atoms with Gasteiger partial charge in [-0.05, 0) is 47.0 Å². The second kappa shape index (κ2) is 10.9. The number of rotatable bonds is 6. The first-order chi connectivity index (χ1) is 21.7. The van der Waals surface area contributed by atoms with E-state index in [2.05, 4.69) is 175 Å². The summed E-state index contributed by atoms with van der Waals surface area (Å²) in [6.07, 6.45) is 9.40. The van der Waals surface area contributed by atoms with Crippen LogP contribution in [0.25, 0.3) is 10.8 Å². The average Bonchev–Trinajstić information content (AvgIpc) is 3.53. The monoisotopic (exact) mass is 573 g/mol. The van der Waals surface area contributed by atoms with Gasteiger partial charge in [0.2, 0.25) is 11.4 Å². The van der Waals surface area contributed by atoms with Crippen LogP contribution in [0.2, 0.25) is 0 Å². The Balaban J connectivity index is 1.50. The van der Waals surface area contributed by atoms with Gasteiger partial charge in [0.05, 0.1) is 12.1 Å². The standard InChI is InChI=1S/C41H37N2O/c1-42-35-27-26-30-18-12-13-23-33(30)38(35)41(28-29-16-6-3-7-17-29,39(42)40-43(2)34-24-14-15-25-36(34)44-40)37(31-19-8-4-9-20-31)32-21-10-5-11-22-32/h3-27,34,36-37,40H,28H2,1-2H3/q+1.